The summed E-state index contributed by atoms with van der Waals surface area (Å²) >= 11 is 9.99. The number of benzene rings is 2. The van der Waals surface area contributed by atoms with Gasteiger partial charge in [0.25, 0.3) is 0 Å². The lowest BCUT2D eigenvalue weighted by Crippen LogP contribution is -2.04. The van der Waals surface area contributed by atoms with Gasteiger partial charge >= 0.3 is 0 Å². The van der Waals surface area contributed by atoms with Gasteiger partial charge in [-0.1, -0.05) is 36.4 Å². The van der Waals surface area contributed by atoms with Gasteiger partial charge in [-0.05, 0) is 63.8 Å². The molecule has 0 aliphatic heterocycles. The maximum absolute atomic E-state index is 10.3. The van der Waals surface area contributed by atoms with E-state index >= 15 is 0 Å². The lowest BCUT2D eigenvalue weighted by Gasteiger charge is -2.14. The van der Waals surface area contributed by atoms with Gasteiger partial charge in [-0.2, -0.15) is 0 Å². The van der Waals surface area contributed by atoms with Gasteiger partial charge in [0.1, 0.15) is 24.8 Å². The maximum atomic E-state index is 10.3. The number of ether oxygens (including phenoxy) is 4. The van der Waals surface area contributed by atoms with Crippen LogP contribution in [0.5, 0.6) is 23.0 Å². The predicted octanol–water partition coefficient (Wildman–Crippen LogP) is 8.98. The molecule has 0 unspecified atom stereocenters. The summed E-state index contributed by atoms with van der Waals surface area (Å²) in [5.41, 5.74) is 3.61. The highest BCUT2D eigenvalue weighted by Gasteiger charge is 2.17. The van der Waals surface area contributed by atoms with Gasteiger partial charge < -0.3 is 24.1 Å². The van der Waals surface area contributed by atoms with E-state index in [0.29, 0.717) is 23.6 Å². The van der Waals surface area contributed by atoms with Crippen molar-refractivity contribution in [3.8, 4) is 45.3 Å². The Morgan fingerprint density at radius 1 is 0.722 bits per heavy atom. The third-order valence-corrected chi connectivity index (χ3v) is 8.68. The van der Waals surface area contributed by atoms with Crippen LogP contribution in [0, 0.1) is 0 Å². The molecule has 0 spiro atoms. The minimum absolute atomic E-state index is 0.203. The van der Waals surface area contributed by atoms with Gasteiger partial charge in [0.15, 0.2) is 12.5 Å². The molecule has 0 fully saturated rings. The second-order valence-corrected chi connectivity index (χ2v) is 12.1. The lowest BCUT2D eigenvalue weighted by atomic mass is 10.1. The van der Waals surface area contributed by atoms with E-state index in [0.717, 1.165) is 56.1 Å². The van der Waals surface area contributed by atoms with Crippen LogP contribution in [-0.4, -0.2) is 31.7 Å². The molecule has 4 aromatic rings. The monoisotopic (exact) mass is 652 g/mol. The third kappa shape index (κ3) is 6.63. The standard InChI is InChI=1S/C27H26Br2O5S2/c1-2-31-17-34-25-21(16-36-27(25)29)19-10-4-6-12-23(19)33-14-8-7-13-32-22-11-5-3-9-18(22)20-15-35-26(28)24(20)30/h3-6,9-12,15-16,30H,2,7-8,13-14,17H2,1H3. The van der Waals surface area contributed by atoms with Crippen LogP contribution in [0.1, 0.15) is 19.8 Å². The smallest absolute Gasteiger partial charge is 0.189 e. The molecule has 0 radical (unpaired) electrons. The van der Waals surface area contributed by atoms with E-state index in [9.17, 15) is 5.11 Å². The topological polar surface area (TPSA) is 57.2 Å². The molecule has 9 heteroatoms. The highest BCUT2D eigenvalue weighted by atomic mass is 79.9. The largest absolute Gasteiger partial charge is 0.505 e. The number of thiophene rings is 2. The molecule has 2 aromatic heterocycles. The molecule has 0 aliphatic rings. The van der Waals surface area contributed by atoms with Crippen molar-refractivity contribution in [1.82, 2.24) is 0 Å². The van der Waals surface area contributed by atoms with Crippen LogP contribution >= 0.6 is 54.5 Å². The van der Waals surface area contributed by atoms with Gasteiger partial charge in [0.2, 0.25) is 0 Å². The van der Waals surface area contributed by atoms with Crippen molar-refractivity contribution >= 4 is 54.5 Å². The first kappa shape index (κ1) is 27.0. The third-order valence-electron chi connectivity index (χ3n) is 5.32. The summed E-state index contributed by atoms with van der Waals surface area (Å²) in [6.07, 6.45) is 1.68. The molecular formula is C27H26Br2O5S2. The Hall–Kier alpha value is -2.04. The highest BCUT2D eigenvalue weighted by molar-refractivity contribution is 9.11. The molecule has 2 heterocycles. The fourth-order valence-corrected chi connectivity index (χ4v) is 6.06. The molecule has 1 N–H and O–H groups in total. The SMILES string of the molecule is CCOCOc1c(-c2ccccc2OCCCCOc2ccccc2-c2csc(Br)c2O)csc1Br. The van der Waals surface area contributed by atoms with Gasteiger partial charge in [-0.15, -0.1) is 22.7 Å². The fraction of sp³-hybridized carbons (Fsp3) is 0.259. The van der Waals surface area contributed by atoms with E-state index in [1.165, 1.54) is 11.3 Å². The Balaban J connectivity index is 1.32. The first-order chi connectivity index (χ1) is 17.6. The minimum atomic E-state index is 0.203. The molecular weight excluding hydrogens is 628 g/mol. The summed E-state index contributed by atoms with van der Waals surface area (Å²) in [4.78, 5) is 0. The van der Waals surface area contributed by atoms with Crippen LogP contribution in [0.15, 0.2) is 66.9 Å². The Morgan fingerprint density at radius 3 is 1.86 bits per heavy atom. The van der Waals surface area contributed by atoms with E-state index in [2.05, 4.69) is 37.2 Å². The molecule has 0 aliphatic carbocycles. The number of unbranched alkanes of at least 4 members (excludes halogenated alkanes) is 1. The molecule has 0 bridgehead atoms. The number of aromatic hydroxyl groups is 1. The van der Waals surface area contributed by atoms with Crippen molar-refractivity contribution in [1.29, 1.82) is 0 Å². The zero-order valence-corrected chi connectivity index (χ0v) is 24.5. The molecule has 0 saturated carbocycles. The zero-order chi connectivity index (χ0) is 25.3. The van der Waals surface area contributed by atoms with Crippen LogP contribution in [0.4, 0.5) is 0 Å². The number of para-hydroxylation sites is 2. The average molecular weight is 654 g/mol. The fourth-order valence-electron chi connectivity index (χ4n) is 3.55. The van der Waals surface area contributed by atoms with Crippen LogP contribution in [0.25, 0.3) is 22.3 Å². The number of hydrogen-bond donors (Lipinski definition) is 1. The van der Waals surface area contributed by atoms with E-state index in [1.807, 2.05) is 60.8 Å². The van der Waals surface area contributed by atoms with Gasteiger partial charge in [-0.25, -0.2) is 0 Å². The van der Waals surface area contributed by atoms with Crippen LogP contribution < -0.4 is 14.2 Å². The van der Waals surface area contributed by atoms with Crippen molar-refractivity contribution < 1.29 is 24.1 Å². The zero-order valence-electron chi connectivity index (χ0n) is 19.7. The van der Waals surface area contributed by atoms with Crippen LogP contribution in [0.2, 0.25) is 0 Å². The second kappa shape index (κ2) is 13.5. The summed E-state index contributed by atoms with van der Waals surface area (Å²) in [6, 6.07) is 15.7. The van der Waals surface area contributed by atoms with E-state index in [1.54, 1.807) is 11.3 Å². The van der Waals surface area contributed by atoms with E-state index in [-0.39, 0.29) is 12.5 Å². The van der Waals surface area contributed by atoms with Gasteiger partial charge in [0, 0.05) is 39.6 Å². The van der Waals surface area contributed by atoms with Crippen molar-refractivity contribution in [2.24, 2.45) is 0 Å². The summed E-state index contributed by atoms with van der Waals surface area (Å²) in [5, 5.41) is 14.3. The number of rotatable bonds is 13. The quantitative estimate of drug-likeness (QED) is 0.115. The molecule has 5 nitrogen and oxygen atoms in total. The first-order valence-corrected chi connectivity index (χ1v) is 14.8. The Bertz CT molecular complexity index is 1270. The Kier molecular flexibility index (Phi) is 10.1. The van der Waals surface area contributed by atoms with Gasteiger partial charge in [0.05, 0.1) is 13.2 Å². The molecule has 36 heavy (non-hydrogen) atoms. The average Bonchev–Trinajstić information content (AvgIpc) is 3.43. The Labute approximate surface area is 235 Å². The van der Waals surface area contributed by atoms with Crippen LogP contribution in [0.3, 0.4) is 0 Å². The summed E-state index contributed by atoms with van der Waals surface area (Å²) < 4.78 is 25.1. The van der Waals surface area contributed by atoms with Crippen LogP contribution in [-0.2, 0) is 4.74 Å². The molecule has 0 saturated heterocycles. The van der Waals surface area contributed by atoms with Crippen molar-refractivity contribution in [2.75, 3.05) is 26.6 Å². The normalized spacial score (nSPS) is 11.0. The molecule has 190 valence electrons. The molecule has 0 amide bonds. The maximum Gasteiger partial charge on any atom is 0.189 e. The highest BCUT2D eigenvalue weighted by Crippen LogP contribution is 2.45. The molecule has 2 aromatic carbocycles. The summed E-state index contributed by atoms with van der Waals surface area (Å²) in [5.74, 6) is 2.58. The first-order valence-electron chi connectivity index (χ1n) is 11.5. The Morgan fingerprint density at radius 2 is 1.28 bits per heavy atom. The van der Waals surface area contributed by atoms with Crippen molar-refractivity contribution in [2.45, 2.75) is 19.8 Å². The molecule has 4 rings (SSSR count). The molecule has 0 atom stereocenters. The summed E-state index contributed by atoms with van der Waals surface area (Å²) in [7, 11) is 0. The number of halogens is 2. The number of hydrogen-bond acceptors (Lipinski definition) is 7. The minimum Gasteiger partial charge on any atom is -0.505 e. The van der Waals surface area contributed by atoms with E-state index < -0.39 is 0 Å². The predicted molar refractivity (Wildman–Crippen MR) is 154 cm³/mol. The van der Waals surface area contributed by atoms with Gasteiger partial charge in [-0.3, -0.25) is 0 Å². The van der Waals surface area contributed by atoms with Crippen molar-refractivity contribution in [3.63, 3.8) is 0 Å². The van der Waals surface area contributed by atoms with E-state index in [4.69, 9.17) is 18.9 Å². The van der Waals surface area contributed by atoms with Crippen molar-refractivity contribution in [3.05, 3.63) is 66.9 Å². The lowest BCUT2D eigenvalue weighted by molar-refractivity contribution is 0.0226. The summed E-state index contributed by atoms with van der Waals surface area (Å²) in [6.45, 7) is 3.86. The second-order valence-electron chi connectivity index (χ2n) is 7.68.